The molecule has 0 aliphatic carbocycles. The van der Waals surface area contributed by atoms with Gasteiger partial charge in [-0.1, -0.05) is 0 Å². The minimum Gasteiger partial charge on any atom is -0.254 e. The fourth-order valence-corrected chi connectivity index (χ4v) is 2.37. The summed E-state index contributed by atoms with van der Waals surface area (Å²) in [4.78, 5) is 14.7. The van der Waals surface area contributed by atoms with Gasteiger partial charge in [-0.3, -0.25) is 4.72 Å². The van der Waals surface area contributed by atoms with Gasteiger partial charge >= 0.3 is 16.2 Å². The molecule has 2 amide bonds. The number of aliphatic imine (C=N–C) groups is 1. The maximum absolute atomic E-state index is 11.4. The van der Waals surface area contributed by atoms with E-state index in [4.69, 9.17) is 0 Å². The molecule has 0 bridgehead atoms. The lowest BCUT2D eigenvalue weighted by Gasteiger charge is -2.27. The maximum Gasteiger partial charge on any atom is 0.360 e. The number of urea groups is 1. The van der Waals surface area contributed by atoms with Gasteiger partial charge in [-0.05, 0) is 20.8 Å². The summed E-state index contributed by atoms with van der Waals surface area (Å²) in [6.45, 7) is 4.63. The Morgan fingerprint density at radius 1 is 1.46 bits per heavy atom. The van der Waals surface area contributed by atoms with Crippen LogP contribution in [0.1, 0.15) is 20.8 Å². The van der Waals surface area contributed by atoms with Crippen molar-refractivity contribution in [3.05, 3.63) is 0 Å². The summed E-state index contributed by atoms with van der Waals surface area (Å²) < 4.78 is 25.6. The zero-order chi connectivity index (χ0) is 10.2. The van der Waals surface area contributed by atoms with Gasteiger partial charge in [-0.2, -0.15) is 17.7 Å². The Hall–Kier alpha value is -1.11. The van der Waals surface area contributed by atoms with Gasteiger partial charge in [0.25, 0.3) is 0 Å². The van der Waals surface area contributed by atoms with Gasteiger partial charge in [-0.15, -0.1) is 0 Å². The second-order valence-electron chi connectivity index (χ2n) is 2.98. The Kier molecular flexibility index (Phi) is 2.29. The van der Waals surface area contributed by atoms with Crippen molar-refractivity contribution >= 4 is 22.1 Å². The van der Waals surface area contributed by atoms with E-state index in [1.807, 2.05) is 0 Å². The average Bonchev–Trinajstić information content (AvgIpc) is 1.78. The molecule has 6 nitrogen and oxygen atoms in total. The molecule has 0 atom stereocenters. The van der Waals surface area contributed by atoms with Gasteiger partial charge in [0.1, 0.15) is 5.84 Å². The SMILES string of the molecule is CC1=NC(=O)N(C(C)C)S(=O)(=O)N1. The van der Waals surface area contributed by atoms with Gasteiger partial charge in [-0.25, -0.2) is 4.79 Å². The van der Waals surface area contributed by atoms with Crippen molar-refractivity contribution in [2.24, 2.45) is 4.99 Å². The van der Waals surface area contributed by atoms with Crippen molar-refractivity contribution in [3.63, 3.8) is 0 Å². The highest BCUT2D eigenvalue weighted by molar-refractivity contribution is 7.88. The molecule has 1 rings (SSSR count). The average molecular weight is 205 g/mol. The molecule has 0 unspecified atom stereocenters. The van der Waals surface area contributed by atoms with E-state index in [1.54, 1.807) is 13.8 Å². The first kappa shape index (κ1) is 9.97. The summed E-state index contributed by atoms with van der Waals surface area (Å²) in [6, 6.07) is -1.17. The predicted octanol–water partition coefficient (Wildman–Crippen LogP) is 0.0832. The monoisotopic (exact) mass is 205 g/mol. The van der Waals surface area contributed by atoms with Crippen LogP contribution in [0.3, 0.4) is 0 Å². The highest BCUT2D eigenvalue weighted by Crippen LogP contribution is 2.11. The van der Waals surface area contributed by atoms with Crippen molar-refractivity contribution in [3.8, 4) is 0 Å². The number of carbonyl (C=O) groups is 1. The van der Waals surface area contributed by atoms with E-state index in [2.05, 4.69) is 9.71 Å². The van der Waals surface area contributed by atoms with E-state index in [0.29, 0.717) is 4.31 Å². The van der Waals surface area contributed by atoms with Crippen LogP contribution >= 0.6 is 0 Å². The lowest BCUT2D eigenvalue weighted by molar-refractivity contribution is 0.224. The van der Waals surface area contributed by atoms with Crippen LogP contribution in [0, 0.1) is 0 Å². The number of nitrogens with zero attached hydrogens (tertiary/aromatic N) is 2. The Morgan fingerprint density at radius 2 is 2.00 bits per heavy atom. The normalized spacial score (nSPS) is 21.4. The Morgan fingerprint density at radius 3 is 2.38 bits per heavy atom. The summed E-state index contributed by atoms with van der Waals surface area (Å²) in [5.74, 6) is 0.0990. The quantitative estimate of drug-likeness (QED) is 0.658. The molecule has 0 saturated carbocycles. The fourth-order valence-electron chi connectivity index (χ4n) is 1.05. The molecule has 1 aliphatic rings. The zero-order valence-electron chi connectivity index (χ0n) is 7.60. The van der Waals surface area contributed by atoms with E-state index in [1.165, 1.54) is 6.92 Å². The summed E-state index contributed by atoms with van der Waals surface area (Å²) >= 11 is 0. The number of rotatable bonds is 1. The van der Waals surface area contributed by atoms with Crippen molar-refractivity contribution in [2.75, 3.05) is 0 Å². The molecule has 0 aromatic heterocycles. The van der Waals surface area contributed by atoms with Gasteiger partial charge in [0.15, 0.2) is 0 Å². The van der Waals surface area contributed by atoms with Gasteiger partial charge in [0, 0.05) is 6.04 Å². The Balaban J connectivity index is 3.16. The Bertz CT molecular complexity index is 357. The molecule has 1 heterocycles. The second-order valence-corrected chi connectivity index (χ2v) is 4.52. The number of amides is 2. The number of hydrogen-bond donors (Lipinski definition) is 1. The number of carbonyl (C=O) groups excluding carboxylic acids is 1. The fraction of sp³-hybridized carbons (Fsp3) is 0.667. The van der Waals surface area contributed by atoms with Crippen LogP contribution in [0.25, 0.3) is 0 Å². The van der Waals surface area contributed by atoms with E-state index in [0.717, 1.165) is 0 Å². The molecule has 1 N–H and O–H groups in total. The molecular weight excluding hydrogens is 194 g/mol. The van der Waals surface area contributed by atoms with Gasteiger partial charge in [0.2, 0.25) is 0 Å². The summed E-state index contributed by atoms with van der Waals surface area (Å²) in [7, 11) is -3.72. The third-order valence-electron chi connectivity index (χ3n) is 1.46. The minimum absolute atomic E-state index is 0.0990. The van der Waals surface area contributed by atoms with E-state index in [-0.39, 0.29) is 5.84 Å². The van der Waals surface area contributed by atoms with Crippen LogP contribution < -0.4 is 4.72 Å². The molecule has 0 aromatic carbocycles. The smallest absolute Gasteiger partial charge is 0.254 e. The van der Waals surface area contributed by atoms with Crippen LogP contribution in [0.2, 0.25) is 0 Å². The van der Waals surface area contributed by atoms with Crippen LogP contribution in [0.15, 0.2) is 4.99 Å². The highest BCUT2D eigenvalue weighted by atomic mass is 32.2. The highest BCUT2D eigenvalue weighted by Gasteiger charge is 2.33. The molecule has 0 radical (unpaired) electrons. The third-order valence-corrected chi connectivity index (χ3v) is 3.11. The summed E-state index contributed by atoms with van der Waals surface area (Å²) in [6.07, 6.45) is 0. The van der Waals surface area contributed by atoms with E-state index >= 15 is 0 Å². The van der Waals surface area contributed by atoms with Crippen LogP contribution in [-0.2, 0) is 10.2 Å². The second kappa shape index (κ2) is 2.99. The summed E-state index contributed by atoms with van der Waals surface area (Å²) in [5, 5.41) is 0. The number of hydrogen-bond acceptors (Lipinski definition) is 3. The van der Waals surface area contributed by atoms with Crippen molar-refractivity contribution in [2.45, 2.75) is 26.8 Å². The van der Waals surface area contributed by atoms with Crippen molar-refractivity contribution in [1.82, 2.24) is 9.03 Å². The molecule has 0 saturated heterocycles. The van der Waals surface area contributed by atoms with Gasteiger partial charge < -0.3 is 0 Å². The first-order valence-corrected chi connectivity index (χ1v) is 5.20. The molecule has 0 fully saturated rings. The zero-order valence-corrected chi connectivity index (χ0v) is 8.42. The first-order valence-electron chi connectivity index (χ1n) is 3.76. The van der Waals surface area contributed by atoms with Crippen molar-refractivity contribution in [1.29, 1.82) is 0 Å². The minimum atomic E-state index is -3.72. The lowest BCUT2D eigenvalue weighted by Crippen LogP contribution is -2.52. The summed E-state index contributed by atoms with van der Waals surface area (Å²) in [5.41, 5.74) is 0. The van der Waals surface area contributed by atoms with E-state index in [9.17, 15) is 13.2 Å². The van der Waals surface area contributed by atoms with Crippen LogP contribution in [0.5, 0.6) is 0 Å². The molecule has 13 heavy (non-hydrogen) atoms. The molecule has 74 valence electrons. The third kappa shape index (κ3) is 1.80. The van der Waals surface area contributed by atoms with Crippen LogP contribution in [-0.4, -0.2) is 30.6 Å². The Labute approximate surface area is 76.8 Å². The lowest BCUT2D eigenvalue weighted by atomic mass is 10.4. The van der Waals surface area contributed by atoms with Crippen LogP contribution in [0.4, 0.5) is 4.79 Å². The largest absolute Gasteiger partial charge is 0.360 e. The maximum atomic E-state index is 11.4. The standard InChI is InChI=1S/C6H11N3O3S/c1-4(2)9-6(10)7-5(3)8-13(9,11)12/h4H,1-3H3,(H,7,8,10). The molecule has 1 aliphatic heterocycles. The number of nitrogens with one attached hydrogen (secondary N) is 1. The molecule has 0 spiro atoms. The van der Waals surface area contributed by atoms with Gasteiger partial charge in [0.05, 0.1) is 0 Å². The molecular formula is C6H11N3O3S. The molecule has 7 heteroatoms. The van der Waals surface area contributed by atoms with Crippen molar-refractivity contribution < 1.29 is 13.2 Å². The first-order chi connectivity index (χ1) is 5.84. The molecule has 0 aromatic rings. The number of amidine groups is 1. The predicted molar refractivity (Wildman–Crippen MR) is 47.5 cm³/mol. The van der Waals surface area contributed by atoms with E-state index < -0.39 is 22.3 Å². The topological polar surface area (TPSA) is 78.8 Å².